The van der Waals surface area contributed by atoms with E-state index in [9.17, 15) is 4.39 Å². The highest BCUT2D eigenvalue weighted by Gasteiger charge is 2.37. The predicted octanol–water partition coefficient (Wildman–Crippen LogP) is 8.64. The highest BCUT2D eigenvalue weighted by atomic mass is 35.5. The van der Waals surface area contributed by atoms with Gasteiger partial charge in [0.15, 0.2) is 0 Å². The number of hydrogen-bond acceptors (Lipinski definition) is 3. The van der Waals surface area contributed by atoms with E-state index in [1.165, 1.54) is 22.9 Å². The van der Waals surface area contributed by atoms with Crippen molar-refractivity contribution >= 4 is 29.2 Å². The lowest BCUT2D eigenvalue weighted by atomic mass is 9.77. The van der Waals surface area contributed by atoms with Gasteiger partial charge in [-0.2, -0.15) is 0 Å². The molecule has 2 aliphatic rings. The lowest BCUT2D eigenvalue weighted by molar-refractivity contribution is 0.300. The number of nitrogens with zero attached hydrogens (tertiary/aromatic N) is 1. The molecule has 0 saturated carbocycles. The summed E-state index contributed by atoms with van der Waals surface area (Å²) in [6.45, 7) is 0.116. The third kappa shape index (κ3) is 4.90. The molecule has 0 bridgehead atoms. The average Bonchev–Trinajstić information content (AvgIpc) is 3.43. The van der Waals surface area contributed by atoms with Crippen LogP contribution in [0.4, 0.5) is 15.8 Å². The number of para-hydroxylation sites is 1. The molecule has 4 aromatic rings. The van der Waals surface area contributed by atoms with Crippen LogP contribution in [0.1, 0.15) is 40.6 Å². The second-order valence-electron chi connectivity index (χ2n) is 9.48. The summed E-state index contributed by atoms with van der Waals surface area (Å²) in [4.78, 5) is 4.63. The van der Waals surface area contributed by atoms with Crippen molar-refractivity contribution in [1.29, 1.82) is 0 Å². The standard InChI is InChI=1S/C32H26ClFN2O/c33-28-18-21(12-17-31(28)37-20-23-6-1-3-10-29(23)34)19-35-24-15-13-22(14-16-24)32-27-9-5-8-25(27)26-7-2-4-11-30(26)36-32/h1-8,10-19,25,27,32,36H,9,20H2/t25-,27+,32+/m1/s1. The Morgan fingerprint density at radius 3 is 2.62 bits per heavy atom. The third-order valence-electron chi connectivity index (χ3n) is 7.18. The van der Waals surface area contributed by atoms with Crippen molar-refractivity contribution in [3.05, 3.63) is 136 Å². The van der Waals surface area contributed by atoms with Gasteiger partial charge < -0.3 is 10.1 Å². The molecular formula is C32H26ClFN2O. The smallest absolute Gasteiger partial charge is 0.138 e. The van der Waals surface area contributed by atoms with E-state index in [2.05, 4.69) is 71.0 Å². The van der Waals surface area contributed by atoms with Gasteiger partial charge >= 0.3 is 0 Å². The molecule has 37 heavy (non-hydrogen) atoms. The van der Waals surface area contributed by atoms with Crippen LogP contribution in [0.15, 0.2) is 108 Å². The van der Waals surface area contributed by atoms with Crippen LogP contribution in [0.5, 0.6) is 5.75 Å². The number of allylic oxidation sites excluding steroid dienone is 2. The Labute approximate surface area is 221 Å². The quantitative estimate of drug-likeness (QED) is 0.209. The third-order valence-corrected chi connectivity index (χ3v) is 7.48. The highest BCUT2D eigenvalue weighted by Crippen LogP contribution is 2.49. The normalized spacial score (nSPS) is 19.9. The first kappa shape index (κ1) is 23.5. The van der Waals surface area contributed by atoms with E-state index in [-0.39, 0.29) is 18.5 Å². The Kier molecular flexibility index (Phi) is 6.50. The monoisotopic (exact) mass is 508 g/mol. The van der Waals surface area contributed by atoms with Gasteiger partial charge in [0.05, 0.1) is 16.8 Å². The largest absolute Gasteiger partial charge is 0.487 e. The van der Waals surface area contributed by atoms with Crippen molar-refractivity contribution in [3.8, 4) is 5.75 Å². The Bertz CT molecular complexity index is 1480. The first-order valence-electron chi connectivity index (χ1n) is 12.5. The second kappa shape index (κ2) is 10.2. The Hall–Kier alpha value is -3.89. The van der Waals surface area contributed by atoms with Gasteiger partial charge in [-0.15, -0.1) is 0 Å². The van der Waals surface area contributed by atoms with Crippen LogP contribution in [0.2, 0.25) is 5.02 Å². The summed E-state index contributed by atoms with van der Waals surface area (Å²) in [6.07, 6.45) is 7.54. The molecule has 184 valence electrons. The molecule has 0 radical (unpaired) electrons. The van der Waals surface area contributed by atoms with E-state index in [0.717, 1.165) is 17.7 Å². The van der Waals surface area contributed by atoms with Crippen LogP contribution in [-0.2, 0) is 6.61 Å². The maximum atomic E-state index is 13.8. The number of rotatable bonds is 6. The zero-order chi connectivity index (χ0) is 25.2. The molecule has 0 spiro atoms. The van der Waals surface area contributed by atoms with Crippen LogP contribution >= 0.6 is 11.6 Å². The molecule has 0 fully saturated rings. The van der Waals surface area contributed by atoms with Gasteiger partial charge in [0.25, 0.3) is 0 Å². The molecule has 4 aromatic carbocycles. The molecule has 0 aromatic heterocycles. The van der Waals surface area contributed by atoms with Gasteiger partial charge in [-0.25, -0.2) is 4.39 Å². The van der Waals surface area contributed by atoms with Gasteiger partial charge in [0, 0.05) is 23.4 Å². The average molecular weight is 509 g/mol. The van der Waals surface area contributed by atoms with Crippen LogP contribution in [0, 0.1) is 11.7 Å². The highest BCUT2D eigenvalue weighted by molar-refractivity contribution is 6.32. The summed E-state index contributed by atoms with van der Waals surface area (Å²) in [7, 11) is 0. The zero-order valence-corrected chi connectivity index (χ0v) is 20.9. The molecular weight excluding hydrogens is 483 g/mol. The van der Waals surface area contributed by atoms with E-state index in [0.29, 0.717) is 28.2 Å². The van der Waals surface area contributed by atoms with Crippen LogP contribution in [0.25, 0.3) is 0 Å². The number of benzene rings is 4. The minimum Gasteiger partial charge on any atom is -0.487 e. The fourth-order valence-electron chi connectivity index (χ4n) is 5.28. The molecule has 1 heterocycles. The maximum absolute atomic E-state index is 13.8. The molecule has 3 nitrogen and oxygen atoms in total. The van der Waals surface area contributed by atoms with Crippen LogP contribution in [-0.4, -0.2) is 6.21 Å². The van der Waals surface area contributed by atoms with Crippen LogP contribution in [0.3, 0.4) is 0 Å². The number of fused-ring (bicyclic) bond motifs is 3. The summed E-state index contributed by atoms with van der Waals surface area (Å²) in [5, 5.41) is 4.23. The first-order valence-corrected chi connectivity index (χ1v) is 12.9. The minimum atomic E-state index is -0.294. The van der Waals surface area contributed by atoms with Crippen molar-refractivity contribution in [2.24, 2.45) is 10.9 Å². The predicted molar refractivity (Wildman–Crippen MR) is 149 cm³/mol. The summed E-state index contributed by atoms with van der Waals surface area (Å²) in [5.41, 5.74) is 6.10. The van der Waals surface area contributed by atoms with E-state index < -0.39 is 0 Å². The molecule has 6 rings (SSSR count). The van der Waals surface area contributed by atoms with E-state index in [1.807, 2.05) is 6.07 Å². The molecule has 0 unspecified atom stereocenters. The maximum Gasteiger partial charge on any atom is 0.138 e. The van der Waals surface area contributed by atoms with Crippen LogP contribution < -0.4 is 10.1 Å². The molecule has 3 atom stereocenters. The number of halogens is 2. The number of aliphatic imine (C=N–C) groups is 1. The number of nitrogens with one attached hydrogen (secondary N) is 1. The van der Waals surface area contributed by atoms with Gasteiger partial charge in [0.1, 0.15) is 18.2 Å². The van der Waals surface area contributed by atoms with E-state index in [4.69, 9.17) is 16.3 Å². The summed E-state index contributed by atoms with van der Waals surface area (Å²) in [6, 6.07) is 29.3. The zero-order valence-electron chi connectivity index (χ0n) is 20.1. The van der Waals surface area contributed by atoms with Gasteiger partial charge in [0.2, 0.25) is 0 Å². The molecule has 1 aliphatic carbocycles. The Balaban J connectivity index is 1.13. The summed E-state index contributed by atoms with van der Waals surface area (Å²) in [5.74, 6) is 1.19. The lowest BCUT2D eigenvalue weighted by Crippen LogP contribution is -2.28. The molecule has 5 heteroatoms. The van der Waals surface area contributed by atoms with Crippen molar-refractivity contribution in [3.63, 3.8) is 0 Å². The SMILES string of the molecule is Fc1ccccc1COc1ccc(C=Nc2ccc([C@@H]3Nc4ccccc4[C@H]4C=CC[C@@H]43)cc2)cc1Cl. The van der Waals surface area contributed by atoms with E-state index >= 15 is 0 Å². The number of ether oxygens (including phenoxy) is 1. The Morgan fingerprint density at radius 2 is 1.78 bits per heavy atom. The van der Waals surface area contributed by atoms with E-state index in [1.54, 1.807) is 36.5 Å². The Morgan fingerprint density at radius 1 is 0.973 bits per heavy atom. The minimum absolute atomic E-state index is 0.116. The van der Waals surface area contributed by atoms with Crippen molar-refractivity contribution < 1.29 is 9.13 Å². The number of anilines is 1. The lowest BCUT2D eigenvalue weighted by Gasteiger charge is -2.37. The molecule has 0 amide bonds. The van der Waals surface area contributed by atoms with Crippen molar-refractivity contribution in [2.45, 2.75) is 25.0 Å². The number of hydrogen-bond donors (Lipinski definition) is 1. The fourth-order valence-corrected chi connectivity index (χ4v) is 5.52. The van der Waals surface area contributed by atoms with Gasteiger partial charge in [-0.05, 0) is 71.5 Å². The summed E-state index contributed by atoms with van der Waals surface area (Å²) < 4.78 is 19.5. The topological polar surface area (TPSA) is 33.6 Å². The van der Waals surface area contributed by atoms with Crippen molar-refractivity contribution in [2.75, 3.05) is 5.32 Å². The first-order chi connectivity index (χ1) is 18.2. The molecule has 0 saturated heterocycles. The summed E-state index contributed by atoms with van der Waals surface area (Å²) >= 11 is 6.41. The van der Waals surface area contributed by atoms with Crippen molar-refractivity contribution in [1.82, 2.24) is 0 Å². The molecule has 1 N–H and O–H groups in total. The molecule has 1 aliphatic heterocycles. The fraction of sp³-hybridized carbons (Fsp3) is 0.156. The van der Waals surface area contributed by atoms with Gasteiger partial charge in [-0.1, -0.05) is 72.3 Å². The second-order valence-corrected chi connectivity index (χ2v) is 9.89. The van der Waals surface area contributed by atoms with Gasteiger partial charge in [-0.3, -0.25) is 4.99 Å².